The minimum Gasteiger partial charge on any atom is -0.460 e. The van der Waals surface area contributed by atoms with Crippen molar-refractivity contribution in [3.63, 3.8) is 0 Å². The van der Waals surface area contributed by atoms with Crippen molar-refractivity contribution < 1.29 is 24.5 Å². The van der Waals surface area contributed by atoms with Gasteiger partial charge in [0.15, 0.2) is 6.29 Å². The molecule has 0 radical (unpaired) electrons. The van der Waals surface area contributed by atoms with Gasteiger partial charge in [-0.1, -0.05) is 6.92 Å². The molecule has 13 heavy (non-hydrogen) atoms. The fourth-order valence-corrected chi connectivity index (χ4v) is 0.718. The van der Waals surface area contributed by atoms with E-state index in [9.17, 15) is 4.79 Å². The van der Waals surface area contributed by atoms with Crippen LogP contribution in [0.4, 0.5) is 0 Å². The van der Waals surface area contributed by atoms with E-state index in [0.29, 0.717) is 6.42 Å². The number of aliphatic hydroxyl groups excluding tert-OH is 2. The molecule has 0 heterocycles. The number of aliphatic hydroxyl groups is 2. The van der Waals surface area contributed by atoms with E-state index in [1.54, 1.807) is 0 Å². The molecule has 0 aromatic carbocycles. The highest BCUT2D eigenvalue weighted by Crippen LogP contribution is 2.00. The molecule has 0 saturated heterocycles. The Morgan fingerprint density at radius 2 is 2.15 bits per heavy atom. The van der Waals surface area contributed by atoms with Gasteiger partial charge in [-0.2, -0.15) is 0 Å². The van der Waals surface area contributed by atoms with Gasteiger partial charge in [-0.3, -0.25) is 4.79 Å². The van der Waals surface area contributed by atoms with Gasteiger partial charge in [-0.15, -0.1) is 0 Å². The molecule has 5 heteroatoms. The quantitative estimate of drug-likeness (QED) is 0.444. The second kappa shape index (κ2) is 6.82. The average Bonchev–Trinajstić information content (AvgIpc) is 2.10. The average molecular weight is 192 g/mol. The molecule has 0 fully saturated rings. The van der Waals surface area contributed by atoms with Crippen LogP contribution in [0.5, 0.6) is 0 Å². The highest BCUT2D eigenvalue weighted by Gasteiger charge is 2.12. The van der Waals surface area contributed by atoms with Crippen molar-refractivity contribution in [3.05, 3.63) is 0 Å². The summed E-state index contributed by atoms with van der Waals surface area (Å²) < 4.78 is 9.43. The van der Waals surface area contributed by atoms with Gasteiger partial charge in [-0.25, -0.2) is 0 Å². The van der Waals surface area contributed by atoms with Crippen molar-refractivity contribution in [1.29, 1.82) is 0 Å². The van der Waals surface area contributed by atoms with E-state index in [2.05, 4.69) is 4.74 Å². The van der Waals surface area contributed by atoms with Gasteiger partial charge >= 0.3 is 5.97 Å². The van der Waals surface area contributed by atoms with E-state index >= 15 is 0 Å². The molecule has 78 valence electrons. The summed E-state index contributed by atoms with van der Waals surface area (Å²) in [6.45, 7) is 2.70. The molecule has 0 aliphatic rings. The standard InChI is InChI=1S/C8H16O5/c1-3-7(4-9)13-8(11)5-12-6(2)10/h7-9,11H,3-5H2,1-2H3. The summed E-state index contributed by atoms with van der Waals surface area (Å²) in [7, 11) is 0. The predicted octanol–water partition coefficient (Wildman–Crippen LogP) is -0.345. The molecule has 0 aliphatic heterocycles. The third-order valence-corrected chi connectivity index (χ3v) is 1.44. The summed E-state index contributed by atoms with van der Waals surface area (Å²) in [4.78, 5) is 10.3. The molecule has 0 aromatic rings. The topological polar surface area (TPSA) is 76.0 Å². The minimum absolute atomic E-state index is 0.159. The molecule has 2 N–H and O–H groups in total. The molecule has 0 saturated carbocycles. The molecule has 0 rings (SSSR count). The maximum atomic E-state index is 10.3. The smallest absolute Gasteiger partial charge is 0.302 e. The van der Waals surface area contributed by atoms with Crippen molar-refractivity contribution in [1.82, 2.24) is 0 Å². The Kier molecular flexibility index (Phi) is 6.48. The Bertz CT molecular complexity index is 143. The second-order valence-corrected chi connectivity index (χ2v) is 2.61. The summed E-state index contributed by atoms with van der Waals surface area (Å²) >= 11 is 0. The Labute approximate surface area is 77.3 Å². The van der Waals surface area contributed by atoms with Crippen LogP contribution < -0.4 is 0 Å². The number of rotatable bonds is 6. The highest BCUT2D eigenvalue weighted by molar-refractivity contribution is 5.65. The van der Waals surface area contributed by atoms with Crippen LogP contribution >= 0.6 is 0 Å². The van der Waals surface area contributed by atoms with Crippen LogP contribution in [0.2, 0.25) is 0 Å². The van der Waals surface area contributed by atoms with Gasteiger partial charge < -0.3 is 19.7 Å². The Balaban J connectivity index is 3.59. The summed E-state index contributed by atoms with van der Waals surface area (Å²) in [5, 5.41) is 17.8. The van der Waals surface area contributed by atoms with Gasteiger partial charge in [0.2, 0.25) is 0 Å². The first-order chi connectivity index (χ1) is 6.10. The molecule has 2 atom stereocenters. The number of carbonyl (C=O) groups is 1. The lowest BCUT2D eigenvalue weighted by Gasteiger charge is -2.17. The lowest BCUT2D eigenvalue weighted by molar-refractivity contribution is -0.182. The highest BCUT2D eigenvalue weighted by atomic mass is 16.6. The van der Waals surface area contributed by atoms with Gasteiger partial charge in [0.05, 0.1) is 12.7 Å². The van der Waals surface area contributed by atoms with Gasteiger partial charge in [0, 0.05) is 6.92 Å². The zero-order valence-electron chi connectivity index (χ0n) is 7.90. The van der Waals surface area contributed by atoms with Gasteiger partial charge in [0.25, 0.3) is 0 Å². The first-order valence-corrected chi connectivity index (χ1v) is 4.17. The molecule has 2 unspecified atom stereocenters. The summed E-state index contributed by atoms with van der Waals surface area (Å²) in [6.07, 6.45) is -0.986. The van der Waals surface area contributed by atoms with Gasteiger partial charge in [0.1, 0.15) is 6.61 Å². The minimum atomic E-state index is -1.17. The van der Waals surface area contributed by atoms with E-state index in [0.717, 1.165) is 0 Å². The van der Waals surface area contributed by atoms with Crippen molar-refractivity contribution in [2.45, 2.75) is 32.7 Å². The second-order valence-electron chi connectivity index (χ2n) is 2.61. The van der Waals surface area contributed by atoms with Crippen molar-refractivity contribution in [2.75, 3.05) is 13.2 Å². The molecule has 0 spiro atoms. The van der Waals surface area contributed by atoms with Crippen molar-refractivity contribution in [3.8, 4) is 0 Å². The SMILES string of the molecule is CCC(CO)OC(O)COC(C)=O. The first-order valence-electron chi connectivity index (χ1n) is 4.17. The number of ether oxygens (including phenoxy) is 2. The molecule has 0 aliphatic carbocycles. The molecular weight excluding hydrogens is 176 g/mol. The predicted molar refractivity (Wildman–Crippen MR) is 44.9 cm³/mol. The van der Waals surface area contributed by atoms with E-state index < -0.39 is 18.4 Å². The lowest BCUT2D eigenvalue weighted by atomic mass is 10.3. The molecular formula is C8H16O5. The molecule has 5 nitrogen and oxygen atoms in total. The monoisotopic (exact) mass is 192 g/mol. The summed E-state index contributed by atoms with van der Waals surface area (Å²) in [6, 6.07) is 0. The van der Waals surface area contributed by atoms with Crippen LogP contribution in [-0.2, 0) is 14.3 Å². The van der Waals surface area contributed by atoms with E-state index in [1.807, 2.05) is 6.92 Å². The maximum Gasteiger partial charge on any atom is 0.302 e. The van der Waals surface area contributed by atoms with Crippen LogP contribution in [0.1, 0.15) is 20.3 Å². The Morgan fingerprint density at radius 3 is 2.54 bits per heavy atom. The third kappa shape index (κ3) is 6.51. The summed E-state index contributed by atoms with van der Waals surface area (Å²) in [5.41, 5.74) is 0. The molecule has 0 bridgehead atoms. The van der Waals surface area contributed by atoms with E-state index in [4.69, 9.17) is 14.9 Å². The van der Waals surface area contributed by atoms with Crippen molar-refractivity contribution in [2.24, 2.45) is 0 Å². The Morgan fingerprint density at radius 1 is 1.54 bits per heavy atom. The van der Waals surface area contributed by atoms with E-state index in [-0.39, 0.29) is 13.2 Å². The number of hydrogen-bond acceptors (Lipinski definition) is 5. The summed E-state index contributed by atoms with van der Waals surface area (Å²) in [5.74, 6) is -0.473. The van der Waals surface area contributed by atoms with E-state index in [1.165, 1.54) is 6.92 Å². The van der Waals surface area contributed by atoms with Crippen LogP contribution in [-0.4, -0.2) is 41.8 Å². The fourth-order valence-electron chi connectivity index (χ4n) is 0.718. The zero-order chi connectivity index (χ0) is 10.3. The first kappa shape index (κ1) is 12.3. The van der Waals surface area contributed by atoms with Crippen molar-refractivity contribution >= 4 is 5.97 Å². The molecule has 0 amide bonds. The van der Waals surface area contributed by atoms with Gasteiger partial charge in [-0.05, 0) is 6.42 Å². The lowest BCUT2D eigenvalue weighted by Crippen LogP contribution is -2.28. The third-order valence-electron chi connectivity index (χ3n) is 1.44. The molecule has 0 aromatic heterocycles. The number of esters is 1. The normalized spacial score (nSPS) is 15.1. The largest absolute Gasteiger partial charge is 0.460 e. The van der Waals surface area contributed by atoms with Crippen LogP contribution in [0.3, 0.4) is 0 Å². The maximum absolute atomic E-state index is 10.3. The Hall–Kier alpha value is -0.650. The zero-order valence-corrected chi connectivity index (χ0v) is 7.90. The fraction of sp³-hybridized carbons (Fsp3) is 0.875. The van der Waals surface area contributed by atoms with Crippen LogP contribution in [0, 0.1) is 0 Å². The van der Waals surface area contributed by atoms with Crippen LogP contribution in [0.25, 0.3) is 0 Å². The van der Waals surface area contributed by atoms with Crippen LogP contribution in [0.15, 0.2) is 0 Å². The number of carbonyl (C=O) groups excluding carboxylic acids is 1. The number of hydrogen-bond donors (Lipinski definition) is 2.